The second kappa shape index (κ2) is 5.83. The lowest BCUT2D eigenvalue weighted by molar-refractivity contribution is 1.01. The maximum atomic E-state index is 9.12. The van der Waals surface area contributed by atoms with Crippen LogP contribution < -0.4 is 5.32 Å². The van der Waals surface area contributed by atoms with E-state index in [0.717, 1.165) is 29.8 Å². The first kappa shape index (κ1) is 12.1. The van der Waals surface area contributed by atoms with E-state index in [1.54, 1.807) is 12.4 Å². The molecule has 0 saturated carbocycles. The highest BCUT2D eigenvalue weighted by molar-refractivity contribution is 5.60. The molecule has 1 N–H and O–H groups in total. The van der Waals surface area contributed by atoms with Crippen molar-refractivity contribution >= 4 is 5.69 Å². The third-order valence-corrected chi connectivity index (χ3v) is 2.86. The molecule has 90 valence electrons. The smallest absolute Gasteiger partial charge is 0.102 e. The average Bonchev–Trinajstić information content (AvgIpc) is 2.40. The van der Waals surface area contributed by atoms with Gasteiger partial charge in [0.15, 0.2) is 0 Å². The fourth-order valence-electron chi connectivity index (χ4n) is 1.85. The van der Waals surface area contributed by atoms with Crippen LogP contribution in [0.2, 0.25) is 0 Å². The van der Waals surface area contributed by atoms with Crippen LogP contribution in [-0.4, -0.2) is 11.5 Å². The molecule has 0 aliphatic heterocycles. The van der Waals surface area contributed by atoms with Crippen LogP contribution >= 0.6 is 0 Å². The molecule has 0 radical (unpaired) electrons. The van der Waals surface area contributed by atoms with Gasteiger partial charge in [-0.1, -0.05) is 12.1 Å². The molecule has 0 aliphatic rings. The van der Waals surface area contributed by atoms with Crippen molar-refractivity contribution in [2.45, 2.75) is 13.3 Å². The van der Waals surface area contributed by atoms with Crippen molar-refractivity contribution in [1.82, 2.24) is 4.98 Å². The number of pyridine rings is 1. The number of rotatable bonds is 4. The van der Waals surface area contributed by atoms with Gasteiger partial charge in [-0.2, -0.15) is 5.26 Å². The van der Waals surface area contributed by atoms with E-state index in [0.29, 0.717) is 0 Å². The van der Waals surface area contributed by atoms with E-state index in [-0.39, 0.29) is 0 Å². The average molecular weight is 237 g/mol. The summed E-state index contributed by atoms with van der Waals surface area (Å²) in [5.41, 5.74) is 3.88. The number of aromatic nitrogens is 1. The van der Waals surface area contributed by atoms with Crippen LogP contribution in [0.25, 0.3) is 0 Å². The maximum absolute atomic E-state index is 9.12. The highest BCUT2D eigenvalue weighted by atomic mass is 14.9. The maximum Gasteiger partial charge on any atom is 0.102 e. The number of hydrogen-bond donors (Lipinski definition) is 1. The summed E-state index contributed by atoms with van der Waals surface area (Å²) >= 11 is 0. The fraction of sp³-hybridized carbons (Fsp3) is 0.200. The lowest BCUT2D eigenvalue weighted by Crippen LogP contribution is -2.06. The molecule has 2 aromatic rings. The minimum absolute atomic E-state index is 0.729. The van der Waals surface area contributed by atoms with Crippen molar-refractivity contribution in [2.24, 2.45) is 0 Å². The van der Waals surface area contributed by atoms with E-state index < -0.39 is 0 Å². The molecule has 1 heterocycles. The van der Waals surface area contributed by atoms with Gasteiger partial charge in [0.1, 0.15) is 6.07 Å². The first-order valence-corrected chi connectivity index (χ1v) is 5.94. The molecule has 0 fully saturated rings. The highest BCUT2D eigenvalue weighted by Crippen LogP contribution is 2.18. The van der Waals surface area contributed by atoms with E-state index in [1.807, 2.05) is 37.3 Å². The highest BCUT2D eigenvalue weighted by Gasteiger charge is 2.03. The largest absolute Gasteiger partial charge is 0.384 e. The summed E-state index contributed by atoms with van der Waals surface area (Å²) in [6.45, 7) is 2.76. The van der Waals surface area contributed by atoms with Crippen molar-refractivity contribution < 1.29 is 0 Å². The quantitative estimate of drug-likeness (QED) is 0.889. The standard InChI is InChI=1S/C15H15N3/c1-12-3-2-4-15(14(12)11-16)18-10-7-13-5-8-17-9-6-13/h2-6,8-9,18H,7,10H2,1H3. The number of aryl methyl sites for hydroxylation is 1. The van der Waals surface area contributed by atoms with Crippen LogP contribution in [0.4, 0.5) is 5.69 Å². The molecule has 2 rings (SSSR count). The Morgan fingerprint density at radius 1 is 1.22 bits per heavy atom. The zero-order chi connectivity index (χ0) is 12.8. The topological polar surface area (TPSA) is 48.7 Å². The van der Waals surface area contributed by atoms with Gasteiger partial charge in [0.2, 0.25) is 0 Å². The lowest BCUT2D eigenvalue weighted by atomic mass is 10.1. The van der Waals surface area contributed by atoms with Gasteiger partial charge in [0.05, 0.1) is 11.3 Å². The van der Waals surface area contributed by atoms with E-state index in [4.69, 9.17) is 5.26 Å². The Kier molecular flexibility index (Phi) is 3.93. The summed E-state index contributed by atoms with van der Waals surface area (Å²) in [6.07, 6.45) is 4.51. The van der Waals surface area contributed by atoms with Gasteiger partial charge in [-0.25, -0.2) is 0 Å². The molecule has 0 amide bonds. The summed E-state index contributed by atoms with van der Waals surface area (Å²) in [4.78, 5) is 3.99. The molecule has 0 atom stereocenters. The number of nitrogens with zero attached hydrogens (tertiary/aromatic N) is 2. The predicted molar refractivity (Wildman–Crippen MR) is 72.3 cm³/mol. The van der Waals surface area contributed by atoms with Crippen molar-refractivity contribution in [3.63, 3.8) is 0 Å². The Balaban J connectivity index is 1.99. The molecule has 0 spiro atoms. The van der Waals surface area contributed by atoms with E-state index >= 15 is 0 Å². The normalized spacial score (nSPS) is 9.78. The number of hydrogen-bond acceptors (Lipinski definition) is 3. The molecular weight excluding hydrogens is 222 g/mol. The molecule has 1 aromatic heterocycles. The molecule has 0 saturated heterocycles. The van der Waals surface area contributed by atoms with Crippen LogP contribution in [0.15, 0.2) is 42.7 Å². The number of nitriles is 1. The zero-order valence-corrected chi connectivity index (χ0v) is 10.4. The summed E-state index contributed by atoms with van der Waals surface area (Å²) in [6, 6.07) is 12.1. The minimum atomic E-state index is 0.729. The summed E-state index contributed by atoms with van der Waals surface area (Å²) in [5.74, 6) is 0. The monoisotopic (exact) mass is 237 g/mol. The van der Waals surface area contributed by atoms with Gasteiger partial charge in [-0.3, -0.25) is 4.98 Å². The Morgan fingerprint density at radius 2 is 2.00 bits per heavy atom. The second-order valence-corrected chi connectivity index (χ2v) is 4.14. The summed E-state index contributed by atoms with van der Waals surface area (Å²) in [7, 11) is 0. The minimum Gasteiger partial charge on any atom is -0.384 e. The Bertz CT molecular complexity index is 556. The van der Waals surface area contributed by atoms with Crippen LogP contribution in [-0.2, 0) is 6.42 Å². The fourth-order valence-corrected chi connectivity index (χ4v) is 1.85. The number of benzene rings is 1. The Morgan fingerprint density at radius 3 is 2.72 bits per heavy atom. The third kappa shape index (κ3) is 2.86. The molecule has 3 heteroatoms. The van der Waals surface area contributed by atoms with Crippen molar-refractivity contribution in [2.75, 3.05) is 11.9 Å². The molecule has 1 aromatic carbocycles. The van der Waals surface area contributed by atoms with Gasteiger partial charge in [0, 0.05) is 18.9 Å². The van der Waals surface area contributed by atoms with Crippen LogP contribution in [0.1, 0.15) is 16.7 Å². The lowest BCUT2D eigenvalue weighted by Gasteiger charge is -2.09. The van der Waals surface area contributed by atoms with Crippen molar-refractivity contribution in [1.29, 1.82) is 5.26 Å². The van der Waals surface area contributed by atoms with Crippen LogP contribution in [0, 0.1) is 18.3 Å². The van der Waals surface area contributed by atoms with Gasteiger partial charge >= 0.3 is 0 Å². The molecule has 0 bridgehead atoms. The molecular formula is C15H15N3. The van der Waals surface area contributed by atoms with Crippen molar-refractivity contribution in [3.8, 4) is 6.07 Å². The van der Waals surface area contributed by atoms with Gasteiger partial charge in [-0.05, 0) is 42.7 Å². The first-order chi connectivity index (χ1) is 8.81. The summed E-state index contributed by atoms with van der Waals surface area (Å²) < 4.78 is 0. The van der Waals surface area contributed by atoms with E-state index in [9.17, 15) is 0 Å². The van der Waals surface area contributed by atoms with Crippen LogP contribution in [0.5, 0.6) is 0 Å². The zero-order valence-electron chi connectivity index (χ0n) is 10.4. The number of nitrogens with one attached hydrogen (secondary N) is 1. The SMILES string of the molecule is Cc1cccc(NCCc2ccncc2)c1C#N. The molecule has 3 nitrogen and oxygen atoms in total. The van der Waals surface area contributed by atoms with Crippen molar-refractivity contribution in [3.05, 3.63) is 59.4 Å². The Hall–Kier alpha value is -2.34. The number of anilines is 1. The summed E-state index contributed by atoms with van der Waals surface area (Å²) in [5, 5.41) is 12.4. The second-order valence-electron chi connectivity index (χ2n) is 4.14. The third-order valence-electron chi connectivity index (χ3n) is 2.86. The van der Waals surface area contributed by atoms with Gasteiger partial charge < -0.3 is 5.32 Å². The predicted octanol–water partition coefficient (Wildman–Crippen LogP) is 2.92. The molecule has 0 unspecified atom stereocenters. The van der Waals surface area contributed by atoms with E-state index in [2.05, 4.69) is 16.4 Å². The Labute approximate surface area is 107 Å². The van der Waals surface area contributed by atoms with E-state index in [1.165, 1.54) is 5.56 Å². The first-order valence-electron chi connectivity index (χ1n) is 5.94. The van der Waals surface area contributed by atoms with Crippen LogP contribution in [0.3, 0.4) is 0 Å². The van der Waals surface area contributed by atoms with Gasteiger partial charge in [-0.15, -0.1) is 0 Å². The molecule has 0 aliphatic carbocycles. The van der Waals surface area contributed by atoms with Gasteiger partial charge in [0.25, 0.3) is 0 Å². The molecule has 18 heavy (non-hydrogen) atoms.